The van der Waals surface area contributed by atoms with E-state index in [0.717, 1.165) is 27.5 Å². The number of carbonyl (C=O) groups excluding carboxylic acids is 1. The molecule has 3 nitrogen and oxygen atoms in total. The molecule has 0 radical (unpaired) electrons. The van der Waals surface area contributed by atoms with Gasteiger partial charge in [0, 0.05) is 29.5 Å². The molecule has 2 unspecified atom stereocenters. The number of halogens is 1. The Morgan fingerprint density at radius 1 is 1.41 bits per heavy atom. The molecule has 0 aromatic heterocycles. The normalized spacial score (nSPS) is 20.0. The maximum atomic E-state index is 11.6. The Morgan fingerprint density at radius 3 is 2.50 bits per heavy atom. The van der Waals surface area contributed by atoms with Crippen LogP contribution in [0, 0.1) is 12.3 Å². The zero-order valence-corrected chi connectivity index (χ0v) is 15.1. The van der Waals surface area contributed by atoms with Crippen LogP contribution in [-0.4, -0.2) is 19.6 Å². The Bertz CT molecular complexity index is 590. The van der Waals surface area contributed by atoms with E-state index >= 15 is 0 Å². The van der Waals surface area contributed by atoms with Crippen molar-refractivity contribution in [2.45, 2.75) is 52.9 Å². The average molecular weight is 324 g/mol. The van der Waals surface area contributed by atoms with Gasteiger partial charge in [0.25, 0.3) is 0 Å². The molecule has 1 saturated heterocycles. The third-order valence-electron chi connectivity index (χ3n) is 4.91. The van der Waals surface area contributed by atoms with Gasteiger partial charge in [-0.15, -0.1) is 0 Å². The standard InChI is InChI=1S/C18H26ClNO2/c1-10-14(19)8-13(11(2)18(3,4)5)17(22-6)16(10)12-7-15(21)20-9-12/h8,11-12H,7,9H2,1-6H3,(H,20,21). The zero-order chi connectivity index (χ0) is 16.7. The number of rotatable bonds is 3. The van der Waals surface area contributed by atoms with Gasteiger partial charge < -0.3 is 10.1 Å². The summed E-state index contributed by atoms with van der Waals surface area (Å²) in [4.78, 5) is 11.6. The Hall–Kier alpha value is -1.22. The highest BCUT2D eigenvalue weighted by Gasteiger charge is 2.32. The van der Waals surface area contributed by atoms with Crippen molar-refractivity contribution in [1.82, 2.24) is 5.32 Å². The molecule has 1 aliphatic rings. The van der Waals surface area contributed by atoms with Gasteiger partial charge in [-0.1, -0.05) is 39.3 Å². The number of methoxy groups -OCH3 is 1. The van der Waals surface area contributed by atoms with Gasteiger partial charge in [-0.05, 0) is 35.4 Å². The maximum Gasteiger partial charge on any atom is 0.220 e. The summed E-state index contributed by atoms with van der Waals surface area (Å²) in [5.74, 6) is 1.42. The first-order chi connectivity index (χ1) is 10.2. The molecule has 0 bridgehead atoms. The molecular formula is C18H26ClNO2. The topological polar surface area (TPSA) is 38.3 Å². The summed E-state index contributed by atoms with van der Waals surface area (Å²) < 4.78 is 5.78. The number of benzene rings is 1. The van der Waals surface area contributed by atoms with E-state index in [9.17, 15) is 4.79 Å². The molecule has 0 spiro atoms. The monoisotopic (exact) mass is 323 g/mol. The van der Waals surface area contributed by atoms with Crippen molar-refractivity contribution >= 4 is 17.5 Å². The average Bonchev–Trinajstić information content (AvgIpc) is 2.85. The Labute approximate surface area is 138 Å². The summed E-state index contributed by atoms with van der Waals surface area (Å²) in [5.41, 5.74) is 3.33. The van der Waals surface area contributed by atoms with Gasteiger partial charge in [-0.2, -0.15) is 0 Å². The smallest absolute Gasteiger partial charge is 0.220 e. The fourth-order valence-electron chi connectivity index (χ4n) is 3.08. The van der Waals surface area contributed by atoms with Crippen LogP contribution in [0.25, 0.3) is 0 Å². The van der Waals surface area contributed by atoms with E-state index in [0.29, 0.717) is 18.9 Å². The summed E-state index contributed by atoms with van der Waals surface area (Å²) in [6.45, 7) is 11.5. The number of amides is 1. The Kier molecular flexibility index (Phi) is 4.76. The molecule has 122 valence electrons. The molecule has 1 heterocycles. The van der Waals surface area contributed by atoms with Crippen LogP contribution in [0.4, 0.5) is 0 Å². The fourth-order valence-corrected chi connectivity index (χ4v) is 3.30. The molecule has 1 aromatic rings. The van der Waals surface area contributed by atoms with Crippen LogP contribution in [0.5, 0.6) is 5.75 Å². The zero-order valence-electron chi connectivity index (χ0n) is 14.3. The number of carbonyl (C=O) groups is 1. The second kappa shape index (κ2) is 6.11. The van der Waals surface area contributed by atoms with E-state index in [1.165, 1.54) is 0 Å². The predicted molar refractivity (Wildman–Crippen MR) is 91.0 cm³/mol. The molecule has 2 rings (SSSR count). The highest BCUT2D eigenvalue weighted by atomic mass is 35.5. The van der Waals surface area contributed by atoms with Crippen LogP contribution in [0.3, 0.4) is 0 Å². The highest BCUT2D eigenvalue weighted by molar-refractivity contribution is 6.31. The van der Waals surface area contributed by atoms with Crippen molar-refractivity contribution in [1.29, 1.82) is 0 Å². The summed E-state index contributed by atoms with van der Waals surface area (Å²) in [5, 5.41) is 3.66. The van der Waals surface area contributed by atoms with Gasteiger partial charge in [0.05, 0.1) is 7.11 Å². The largest absolute Gasteiger partial charge is 0.496 e. The number of ether oxygens (including phenoxy) is 1. The minimum absolute atomic E-state index is 0.0943. The minimum atomic E-state index is 0.0943. The van der Waals surface area contributed by atoms with E-state index in [4.69, 9.17) is 16.3 Å². The van der Waals surface area contributed by atoms with Gasteiger partial charge in [-0.25, -0.2) is 0 Å². The van der Waals surface area contributed by atoms with Gasteiger partial charge >= 0.3 is 0 Å². The van der Waals surface area contributed by atoms with Crippen LogP contribution < -0.4 is 10.1 Å². The van der Waals surface area contributed by atoms with Crippen molar-refractivity contribution in [2.75, 3.05) is 13.7 Å². The van der Waals surface area contributed by atoms with E-state index in [-0.39, 0.29) is 17.2 Å². The fraction of sp³-hybridized carbons (Fsp3) is 0.611. The van der Waals surface area contributed by atoms with Crippen LogP contribution in [0.15, 0.2) is 6.07 Å². The van der Waals surface area contributed by atoms with Crippen LogP contribution >= 0.6 is 11.6 Å². The first-order valence-corrected chi connectivity index (χ1v) is 8.18. The quantitative estimate of drug-likeness (QED) is 0.894. The van der Waals surface area contributed by atoms with Crippen molar-refractivity contribution in [3.8, 4) is 5.75 Å². The Morgan fingerprint density at radius 2 is 2.05 bits per heavy atom. The van der Waals surface area contributed by atoms with Gasteiger partial charge in [0.15, 0.2) is 0 Å². The van der Waals surface area contributed by atoms with Gasteiger partial charge in [-0.3, -0.25) is 4.79 Å². The molecule has 1 amide bonds. The number of hydrogen-bond donors (Lipinski definition) is 1. The number of nitrogens with one attached hydrogen (secondary N) is 1. The summed E-state index contributed by atoms with van der Waals surface area (Å²) >= 11 is 6.50. The molecule has 2 atom stereocenters. The third-order valence-corrected chi connectivity index (χ3v) is 5.30. The van der Waals surface area contributed by atoms with E-state index < -0.39 is 0 Å². The second-order valence-corrected chi connectivity index (χ2v) is 7.72. The lowest BCUT2D eigenvalue weighted by molar-refractivity contribution is -0.119. The van der Waals surface area contributed by atoms with Crippen LogP contribution in [0.1, 0.15) is 62.6 Å². The predicted octanol–water partition coefficient (Wildman–Crippen LogP) is 4.41. The van der Waals surface area contributed by atoms with Gasteiger partial charge in [0.2, 0.25) is 5.91 Å². The third kappa shape index (κ3) is 3.10. The summed E-state index contributed by atoms with van der Waals surface area (Å²) in [6, 6.07) is 2.03. The lowest BCUT2D eigenvalue weighted by Gasteiger charge is -2.31. The minimum Gasteiger partial charge on any atom is -0.496 e. The van der Waals surface area contributed by atoms with Crippen molar-refractivity contribution in [3.05, 3.63) is 27.8 Å². The maximum absolute atomic E-state index is 11.6. The van der Waals surface area contributed by atoms with Crippen molar-refractivity contribution in [2.24, 2.45) is 5.41 Å². The van der Waals surface area contributed by atoms with Crippen LogP contribution in [-0.2, 0) is 4.79 Å². The SMILES string of the molecule is COc1c(C(C)C(C)(C)C)cc(Cl)c(C)c1C1CNC(=O)C1. The van der Waals surface area contributed by atoms with Crippen LogP contribution in [0.2, 0.25) is 5.02 Å². The number of hydrogen-bond acceptors (Lipinski definition) is 2. The lowest BCUT2D eigenvalue weighted by atomic mass is 9.76. The molecule has 4 heteroatoms. The highest BCUT2D eigenvalue weighted by Crippen LogP contribution is 2.46. The molecule has 1 fully saturated rings. The molecule has 1 aliphatic heterocycles. The van der Waals surface area contributed by atoms with E-state index in [2.05, 4.69) is 33.0 Å². The second-order valence-electron chi connectivity index (χ2n) is 7.31. The summed E-state index contributed by atoms with van der Waals surface area (Å²) in [7, 11) is 1.70. The molecule has 1 N–H and O–H groups in total. The molecule has 22 heavy (non-hydrogen) atoms. The molecule has 0 aliphatic carbocycles. The first kappa shape index (κ1) is 17.1. The van der Waals surface area contributed by atoms with Crippen molar-refractivity contribution < 1.29 is 9.53 Å². The summed E-state index contributed by atoms with van der Waals surface area (Å²) in [6.07, 6.45) is 0.501. The van der Waals surface area contributed by atoms with E-state index in [1.54, 1.807) is 7.11 Å². The Balaban J connectivity index is 2.62. The van der Waals surface area contributed by atoms with Gasteiger partial charge in [0.1, 0.15) is 5.75 Å². The molecular weight excluding hydrogens is 298 g/mol. The van der Waals surface area contributed by atoms with Crippen molar-refractivity contribution in [3.63, 3.8) is 0 Å². The lowest BCUT2D eigenvalue weighted by Crippen LogP contribution is -2.18. The first-order valence-electron chi connectivity index (χ1n) is 7.80. The molecule has 1 aromatic carbocycles. The van der Waals surface area contributed by atoms with E-state index in [1.807, 2.05) is 13.0 Å². The molecule has 0 saturated carbocycles.